The van der Waals surface area contributed by atoms with Gasteiger partial charge in [0.25, 0.3) is 0 Å². The molecule has 0 radical (unpaired) electrons. The molecule has 6 nitrogen and oxygen atoms in total. The molecule has 1 aliphatic heterocycles. The number of hydrogen-bond donors (Lipinski definition) is 0. The van der Waals surface area contributed by atoms with E-state index in [1.165, 1.54) is 0 Å². The van der Waals surface area contributed by atoms with E-state index >= 15 is 0 Å². The summed E-state index contributed by atoms with van der Waals surface area (Å²) < 4.78 is 11.1. The molecule has 1 aromatic carbocycles. The zero-order chi connectivity index (χ0) is 16.9. The van der Waals surface area contributed by atoms with Crippen molar-refractivity contribution in [2.75, 3.05) is 13.2 Å². The molecule has 3 rings (SSSR count). The number of ether oxygens (including phenoxy) is 1. The highest BCUT2D eigenvalue weighted by Gasteiger charge is 2.30. The molecule has 0 bridgehead atoms. The molecule has 2 heterocycles. The Morgan fingerprint density at radius 1 is 1.42 bits per heavy atom. The molecule has 2 aromatic rings. The zero-order valence-corrected chi connectivity index (χ0v) is 14.2. The second kappa shape index (κ2) is 7.47. The Balaban J connectivity index is 1.58. The van der Waals surface area contributed by atoms with Gasteiger partial charge in [0, 0.05) is 19.9 Å². The third-order valence-corrected chi connectivity index (χ3v) is 4.26. The average molecular weight is 329 g/mol. The minimum Gasteiger partial charge on any atom is -0.493 e. The Morgan fingerprint density at radius 2 is 2.29 bits per heavy atom. The lowest BCUT2D eigenvalue weighted by Crippen LogP contribution is -2.37. The summed E-state index contributed by atoms with van der Waals surface area (Å²) in [5, 5.41) is 4.03. The summed E-state index contributed by atoms with van der Waals surface area (Å²) in [6.07, 6.45) is 3.55. The van der Waals surface area contributed by atoms with Gasteiger partial charge in [-0.15, -0.1) is 0 Å². The molecule has 1 aliphatic rings. The minimum atomic E-state index is -0.0878. The fourth-order valence-electron chi connectivity index (χ4n) is 3.03. The summed E-state index contributed by atoms with van der Waals surface area (Å²) in [6, 6.07) is 7.84. The van der Waals surface area contributed by atoms with Gasteiger partial charge in [-0.1, -0.05) is 17.3 Å². The van der Waals surface area contributed by atoms with Crippen LogP contribution in [0.1, 0.15) is 49.5 Å². The Morgan fingerprint density at radius 3 is 3.08 bits per heavy atom. The summed E-state index contributed by atoms with van der Waals surface area (Å²) in [5.74, 6) is 2.05. The Kier molecular flexibility index (Phi) is 5.13. The smallest absolute Gasteiger partial charge is 0.249 e. The zero-order valence-electron chi connectivity index (χ0n) is 14.2. The van der Waals surface area contributed by atoms with E-state index in [0.717, 1.165) is 37.1 Å². The number of aromatic nitrogens is 2. The van der Waals surface area contributed by atoms with Crippen LogP contribution in [-0.2, 0) is 11.2 Å². The van der Waals surface area contributed by atoms with Gasteiger partial charge in [0.05, 0.1) is 6.61 Å². The van der Waals surface area contributed by atoms with Crippen LogP contribution >= 0.6 is 0 Å². The second-order valence-electron chi connectivity index (χ2n) is 6.19. The van der Waals surface area contributed by atoms with Gasteiger partial charge in [-0.3, -0.25) is 4.79 Å². The highest BCUT2D eigenvalue weighted by atomic mass is 16.5. The van der Waals surface area contributed by atoms with Crippen LogP contribution < -0.4 is 4.74 Å². The number of carbonyl (C=O) groups is 1. The summed E-state index contributed by atoms with van der Waals surface area (Å²) >= 11 is 0. The van der Waals surface area contributed by atoms with E-state index in [2.05, 4.69) is 10.1 Å². The Labute approximate surface area is 141 Å². The molecule has 0 saturated carbocycles. The summed E-state index contributed by atoms with van der Waals surface area (Å²) in [5.41, 5.74) is 1.16. The van der Waals surface area contributed by atoms with Gasteiger partial charge in [0.1, 0.15) is 11.8 Å². The number of benzene rings is 1. The number of likely N-dealkylation sites (tertiary alicyclic amines) is 1. The molecule has 6 heteroatoms. The van der Waals surface area contributed by atoms with Gasteiger partial charge in [0.15, 0.2) is 5.82 Å². The maximum absolute atomic E-state index is 11.8. The molecule has 1 aromatic heterocycles. The van der Waals surface area contributed by atoms with Crippen molar-refractivity contribution < 1.29 is 14.1 Å². The highest BCUT2D eigenvalue weighted by Crippen LogP contribution is 2.29. The van der Waals surface area contributed by atoms with Crippen molar-refractivity contribution in [1.82, 2.24) is 15.0 Å². The molecular weight excluding hydrogens is 306 g/mol. The maximum atomic E-state index is 11.8. The molecular formula is C18H23N3O3. The number of piperidine rings is 1. The van der Waals surface area contributed by atoms with Crippen LogP contribution in [-0.4, -0.2) is 34.1 Å². The first-order valence-corrected chi connectivity index (χ1v) is 8.42. The molecule has 0 aliphatic carbocycles. The van der Waals surface area contributed by atoms with Crippen LogP contribution in [0.25, 0.3) is 0 Å². The number of aryl methyl sites for hydroxylation is 1. The van der Waals surface area contributed by atoms with E-state index in [4.69, 9.17) is 9.26 Å². The van der Waals surface area contributed by atoms with Crippen LogP contribution in [0.3, 0.4) is 0 Å². The van der Waals surface area contributed by atoms with Gasteiger partial charge in [-0.25, -0.2) is 0 Å². The summed E-state index contributed by atoms with van der Waals surface area (Å²) in [7, 11) is 0. The van der Waals surface area contributed by atoms with Crippen LogP contribution in [0.5, 0.6) is 5.75 Å². The van der Waals surface area contributed by atoms with E-state index in [9.17, 15) is 4.79 Å². The molecule has 1 unspecified atom stereocenters. The molecule has 0 N–H and O–H groups in total. The number of rotatable bonds is 5. The van der Waals surface area contributed by atoms with Crippen LogP contribution in [0, 0.1) is 6.92 Å². The first-order valence-electron chi connectivity index (χ1n) is 8.42. The standard InChI is InChI=1S/C18H23N3O3/c1-13-6-5-7-15(12-13)23-11-9-17-19-18(24-20-17)16-8-3-4-10-21(16)14(2)22/h5-7,12,16H,3-4,8-11H2,1-2H3. The highest BCUT2D eigenvalue weighted by molar-refractivity contribution is 5.73. The third kappa shape index (κ3) is 3.93. The Hall–Kier alpha value is -2.37. The lowest BCUT2D eigenvalue weighted by Gasteiger charge is -2.32. The van der Waals surface area contributed by atoms with Crippen LogP contribution in [0.4, 0.5) is 0 Å². The van der Waals surface area contributed by atoms with E-state index in [1.54, 1.807) is 6.92 Å². The van der Waals surface area contributed by atoms with Crippen molar-refractivity contribution in [3.05, 3.63) is 41.5 Å². The van der Waals surface area contributed by atoms with Crippen molar-refractivity contribution in [3.63, 3.8) is 0 Å². The third-order valence-electron chi connectivity index (χ3n) is 4.26. The largest absolute Gasteiger partial charge is 0.493 e. The fourth-order valence-corrected chi connectivity index (χ4v) is 3.03. The van der Waals surface area contributed by atoms with Crippen molar-refractivity contribution in [2.24, 2.45) is 0 Å². The van der Waals surface area contributed by atoms with Gasteiger partial charge in [-0.05, 0) is 43.9 Å². The van der Waals surface area contributed by atoms with Crippen molar-refractivity contribution >= 4 is 5.91 Å². The maximum Gasteiger partial charge on any atom is 0.249 e. The normalized spacial score (nSPS) is 17.8. The first kappa shape index (κ1) is 16.5. The molecule has 24 heavy (non-hydrogen) atoms. The molecule has 1 saturated heterocycles. The molecule has 1 amide bonds. The average Bonchev–Trinajstić information content (AvgIpc) is 3.04. The minimum absolute atomic E-state index is 0.0576. The number of amides is 1. The Bertz CT molecular complexity index is 698. The van der Waals surface area contributed by atoms with Crippen LogP contribution in [0.2, 0.25) is 0 Å². The van der Waals surface area contributed by atoms with Crippen molar-refractivity contribution in [3.8, 4) is 5.75 Å². The number of nitrogens with zero attached hydrogens (tertiary/aromatic N) is 3. The van der Waals surface area contributed by atoms with Gasteiger partial charge >= 0.3 is 0 Å². The van der Waals surface area contributed by atoms with Gasteiger partial charge in [-0.2, -0.15) is 4.98 Å². The fraction of sp³-hybridized carbons (Fsp3) is 0.500. The molecule has 1 atom stereocenters. The lowest BCUT2D eigenvalue weighted by molar-refractivity contribution is -0.133. The summed E-state index contributed by atoms with van der Waals surface area (Å²) in [4.78, 5) is 18.0. The van der Waals surface area contributed by atoms with E-state index in [1.807, 2.05) is 36.1 Å². The van der Waals surface area contributed by atoms with E-state index in [0.29, 0.717) is 24.7 Å². The van der Waals surface area contributed by atoms with E-state index in [-0.39, 0.29) is 11.9 Å². The topological polar surface area (TPSA) is 68.5 Å². The lowest BCUT2D eigenvalue weighted by atomic mass is 10.0. The molecule has 0 spiro atoms. The van der Waals surface area contributed by atoms with Crippen molar-refractivity contribution in [2.45, 2.75) is 45.6 Å². The van der Waals surface area contributed by atoms with Gasteiger partial charge < -0.3 is 14.2 Å². The quantitative estimate of drug-likeness (QED) is 0.843. The molecule has 1 fully saturated rings. The SMILES string of the molecule is CC(=O)N1CCCCC1c1nc(CCOc2cccc(C)c2)no1. The predicted octanol–water partition coefficient (Wildman–Crippen LogP) is 3.07. The number of hydrogen-bond acceptors (Lipinski definition) is 5. The van der Waals surface area contributed by atoms with Gasteiger partial charge in [0.2, 0.25) is 11.8 Å². The predicted molar refractivity (Wildman–Crippen MR) is 88.7 cm³/mol. The summed E-state index contributed by atoms with van der Waals surface area (Å²) in [6.45, 7) is 4.87. The number of carbonyl (C=O) groups excluding carboxylic acids is 1. The van der Waals surface area contributed by atoms with E-state index < -0.39 is 0 Å². The second-order valence-corrected chi connectivity index (χ2v) is 6.19. The molecule has 128 valence electrons. The van der Waals surface area contributed by atoms with Crippen molar-refractivity contribution in [1.29, 1.82) is 0 Å². The van der Waals surface area contributed by atoms with Crippen LogP contribution in [0.15, 0.2) is 28.8 Å². The first-order chi connectivity index (χ1) is 11.6. The monoisotopic (exact) mass is 329 g/mol.